The molecule has 1 heterocycles. The summed E-state index contributed by atoms with van der Waals surface area (Å²) in [6, 6.07) is 25.7. The van der Waals surface area contributed by atoms with Gasteiger partial charge in [-0.25, -0.2) is 24.0 Å². The van der Waals surface area contributed by atoms with Crippen LogP contribution in [-0.2, 0) is 47.6 Å². The lowest BCUT2D eigenvalue weighted by Gasteiger charge is -2.07. The third kappa shape index (κ3) is 19.1. The standard InChI is InChI=1S/C14H17NO4.C12H11NO3.C10H16O5.C6H7N.CH4/c1-3-18-13(16)12(14(17)19-4-2)10-15-11-8-6-5-7-9-11;1-2-16-12(15)9-7-13-10-6-4-3-5-8(10)11(9)14;1-4-13-7-8(9(11)14-5-2)10(12)15-6-3;7-6-4-2-1-3-5-6;/h5-10,15H,3-4H2,1-2H3;3-7H,2H2,1H3,(H,13,14);7H,4-6H2,1-3H3;1-5H,7H2;1H4. The van der Waals surface area contributed by atoms with Crippen LogP contribution in [0.3, 0.4) is 0 Å². The van der Waals surface area contributed by atoms with E-state index in [-0.39, 0.29) is 62.6 Å². The van der Waals surface area contributed by atoms with Crippen molar-refractivity contribution in [2.45, 2.75) is 49.0 Å². The van der Waals surface area contributed by atoms with Crippen LogP contribution in [-0.4, -0.2) is 74.5 Å². The second-order valence-electron chi connectivity index (χ2n) is 10.6. The number of carbonyl (C=O) groups is 5. The lowest BCUT2D eigenvalue weighted by Crippen LogP contribution is -2.19. The molecule has 4 aromatic rings. The average Bonchev–Trinajstić information content (AvgIpc) is 3.20. The van der Waals surface area contributed by atoms with Crippen LogP contribution in [0.5, 0.6) is 0 Å². The summed E-state index contributed by atoms with van der Waals surface area (Å²) in [7, 11) is 0. The van der Waals surface area contributed by atoms with Crippen molar-refractivity contribution in [2.75, 3.05) is 50.7 Å². The van der Waals surface area contributed by atoms with Crippen LogP contribution in [0, 0.1) is 0 Å². The molecule has 0 amide bonds. The number of benzene rings is 3. The minimum absolute atomic E-state index is 0. The number of para-hydroxylation sites is 3. The van der Waals surface area contributed by atoms with Gasteiger partial charge < -0.3 is 44.5 Å². The van der Waals surface area contributed by atoms with E-state index in [1.807, 2.05) is 66.7 Å². The number of hydrogen-bond donors (Lipinski definition) is 3. The number of carbonyl (C=O) groups excluding carboxylic acids is 5. The molecular weight excluding hydrogens is 750 g/mol. The molecule has 0 radical (unpaired) electrons. The Morgan fingerprint density at radius 1 is 0.603 bits per heavy atom. The molecule has 0 atom stereocenters. The number of H-pyrrole nitrogens is 1. The summed E-state index contributed by atoms with van der Waals surface area (Å²) < 4.78 is 28.7. The highest BCUT2D eigenvalue weighted by Crippen LogP contribution is 2.09. The Kier molecular flexibility index (Phi) is 26.7. The summed E-state index contributed by atoms with van der Waals surface area (Å²) in [4.78, 5) is 72.2. The number of rotatable bonds is 14. The van der Waals surface area contributed by atoms with Crippen LogP contribution in [0.15, 0.2) is 120 Å². The molecule has 15 heteroatoms. The molecule has 0 fully saturated rings. The molecule has 0 saturated carbocycles. The summed E-state index contributed by atoms with van der Waals surface area (Å²) in [5, 5.41) is 3.35. The highest BCUT2D eigenvalue weighted by molar-refractivity contribution is 6.14. The van der Waals surface area contributed by atoms with Gasteiger partial charge in [0, 0.05) is 34.7 Å². The maximum Gasteiger partial charge on any atom is 0.348 e. The van der Waals surface area contributed by atoms with E-state index in [4.69, 9.17) is 24.7 Å². The highest BCUT2D eigenvalue weighted by atomic mass is 16.6. The normalized spacial score (nSPS) is 9.28. The summed E-state index contributed by atoms with van der Waals surface area (Å²) in [5.74, 6) is -3.46. The van der Waals surface area contributed by atoms with Crippen molar-refractivity contribution < 1.29 is 52.4 Å². The van der Waals surface area contributed by atoms with Gasteiger partial charge in [-0.2, -0.15) is 0 Å². The van der Waals surface area contributed by atoms with E-state index >= 15 is 0 Å². The van der Waals surface area contributed by atoms with Crippen molar-refractivity contribution in [1.82, 2.24) is 4.98 Å². The molecule has 314 valence electrons. The lowest BCUT2D eigenvalue weighted by atomic mass is 10.1. The first-order valence-electron chi connectivity index (χ1n) is 18.1. The van der Waals surface area contributed by atoms with E-state index in [0.717, 1.165) is 17.6 Å². The van der Waals surface area contributed by atoms with Gasteiger partial charge in [0.1, 0.15) is 11.8 Å². The van der Waals surface area contributed by atoms with Crippen molar-refractivity contribution in [3.63, 3.8) is 0 Å². The van der Waals surface area contributed by atoms with Crippen molar-refractivity contribution >= 4 is 52.1 Å². The number of esters is 5. The molecule has 0 aliphatic rings. The van der Waals surface area contributed by atoms with Crippen LogP contribution in [0.25, 0.3) is 10.9 Å². The quantitative estimate of drug-likeness (QED) is 0.0229. The molecule has 0 spiro atoms. The number of aromatic amines is 1. The summed E-state index contributed by atoms with van der Waals surface area (Å²) in [5.41, 5.74) is 7.01. The van der Waals surface area contributed by atoms with E-state index in [0.29, 0.717) is 17.5 Å². The van der Waals surface area contributed by atoms with Crippen molar-refractivity contribution in [1.29, 1.82) is 0 Å². The molecule has 0 unspecified atom stereocenters. The SMILES string of the molecule is C.CCOC(=O)C(=CNc1ccccc1)C(=O)OCC.CCOC(=O)c1c[nH]c2ccccc2c1=O.CCOC=C(C(=O)OCC)C(=O)OCC.Nc1ccccc1. The number of ether oxygens (including phenoxy) is 6. The smallest absolute Gasteiger partial charge is 0.348 e. The summed E-state index contributed by atoms with van der Waals surface area (Å²) in [6.07, 6.45) is 3.75. The fourth-order valence-electron chi connectivity index (χ4n) is 4.05. The molecule has 4 rings (SSSR count). The van der Waals surface area contributed by atoms with Gasteiger partial charge in [0.25, 0.3) is 0 Å². The van der Waals surface area contributed by atoms with E-state index < -0.39 is 29.8 Å². The van der Waals surface area contributed by atoms with E-state index in [2.05, 4.69) is 19.8 Å². The monoisotopic (exact) mass is 805 g/mol. The molecule has 0 aliphatic heterocycles. The van der Waals surface area contributed by atoms with Crippen LogP contribution < -0.4 is 16.5 Å². The Balaban J connectivity index is 0.000000772. The Morgan fingerprint density at radius 2 is 1.05 bits per heavy atom. The maximum absolute atomic E-state index is 11.9. The molecule has 15 nitrogen and oxygen atoms in total. The molecular formula is C43H55N3O12. The average molecular weight is 806 g/mol. The number of pyridine rings is 1. The number of fused-ring (bicyclic) bond motifs is 1. The fraction of sp³-hybridized carbons (Fsp3) is 0.302. The number of aromatic nitrogens is 1. The first-order valence-corrected chi connectivity index (χ1v) is 18.1. The van der Waals surface area contributed by atoms with Gasteiger partial charge in [-0.3, -0.25) is 4.79 Å². The van der Waals surface area contributed by atoms with Crippen molar-refractivity contribution in [3.8, 4) is 0 Å². The number of hydrogen-bond acceptors (Lipinski definition) is 14. The molecule has 0 aliphatic carbocycles. The second-order valence-corrected chi connectivity index (χ2v) is 10.6. The third-order valence-corrected chi connectivity index (χ3v) is 6.59. The van der Waals surface area contributed by atoms with Gasteiger partial charge in [-0.15, -0.1) is 0 Å². The molecule has 3 aromatic carbocycles. The highest BCUT2D eigenvalue weighted by Gasteiger charge is 2.22. The Bertz CT molecular complexity index is 1920. The van der Waals surface area contributed by atoms with Crippen molar-refractivity contribution in [2.24, 2.45) is 0 Å². The molecule has 58 heavy (non-hydrogen) atoms. The first kappa shape index (κ1) is 51.1. The van der Waals surface area contributed by atoms with Gasteiger partial charge in [-0.05, 0) is 77.9 Å². The zero-order valence-electron chi connectivity index (χ0n) is 33.0. The zero-order chi connectivity index (χ0) is 42.4. The number of nitrogen functional groups attached to an aromatic ring is 1. The van der Waals surface area contributed by atoms with E-state index in [1.165, 1.54) is 12.4 Å². The predicted octanol–water partition coefficient (Wildman–Crippen LogP) is 6.75. The van der Waals surface area contributed by atoms with Gasteiger partial charge in [-0.1, -0.05) is 56.0 Å². The number of anilines is 2. The topological polar surface area (TPSA) is 212 Å². The van der Waals surface area contributed by atoms with Crippen LogP contribution in [0.2, 0.25) is 0 Å². The minimum Gasteiger partial charge on any atom is -0.500 e. The molecule has 1 aromatic heterocycles. The third-order valence-electron chi connectivity index (χ3n) is 6.59. The maximum atomic E-state index is 11.9. The van der Waals surface area contributed by atoms with Gasteiger partial charge in [0.15, 0.2) is 11.1 Å². The lowest BCUT2D eigenvalue weighted by molar-refractivity contribution is -0.148. The van der Waals surface area contributed by atoms with Gasteiger partial charge in [0.05, 0.1) is 39.6 Å². The Labute approximate surface area is 339 Å². The molecule has 0 saturated heterocycles. The van der Waals surface area contributed by atoms with Gasteiger partial charge in [0.2, 0.25) is 5.43 Å². The number of nitrogens with one attached hydrogen (secondary N) is 2. The first-order chi connectivity index (χ1) is 27.5. The Morgan fingerprint density at radius 3 is 1.50 bits per heavy atom. The molecule has 4 N–H and O–H groups in total. The van der Waals surface area contributed by atoms with E-state index in [1.54, 1.807) is 59.7 Å². The largest absolute Gasteiger partial charge is 0.500 e. The summed E-state index contributed by atoms with van der Waals surface area (Å²) in [6.45, 7) is 11.5. The van der Waals surface area contributed by atoms with E-state index in [9.17, 15) is 28.8 Å². The van der Waals surface area contributed by atoms with Crippen LogP contribution in [0.1, 0.15) is 59.3 Å². The second kappa shape index (κ2) is 30.3. The fourth-order valence-corrected chi connectivity index (χ4v) is 4.05. The molecule has 0 bridgehead atoms. The van der Waals surface area contributed by atoms with Crippen molar-refractivity contribution in [3.05, 3.63) is 131 Å². The Hall–Kier alpha value is -6.90. The van der Waals surface area contributed by atoms with Crippen LogP contribution in [0.4, 0.5) is 11.4 Å². The zero-order valence-corrected chi connectivity index (χ0v) is 33.0. The summed E-state index contributed by atoms with van der Waals surface area (Å²) >= 11 is 0. The predicted molar refractivity (Wildman–Crippen MR) is 222 cm³/mol. The number of nitrogens with two attached hydrogens (primary N) is 1. The minimum atomic E-state index is -0.732. The van der Waals surface area contributed by atoms with Gasteiger partial charge >= 0.3 is 29.8 Å². The van der Waals surface area contributed by atoms with Crippen LogP contribution >= 0.6 is 0 Å².